The lowest BCUT2D eigenvalue weighted by molar-refractivity contribution is 0.102. The van der Waals surface area contributed by atoms with Crippen molar-refractivity contribution >= 4 is 11.9 Å². The van der Waals surface area contributed by atoms with Crippen molar-refractivity contribution in [3.8, 4) is 17.3 Å². The van der Waals surface area contributed by atoms with Gasteiger partial charge in [0.15, 0.2) is 0 Å². The number of nitrogens with one attached hydrogen (secondary N) is 1. The first-order valence-corrected chi connectivity index (χ1v) is 9.50. The van der Waals surface area contributed by atoms with Gasteiger partial charge in [-0.2, -0.15) is 5.10 Å². The molecule has 0 radical (unpaired) electrons. The van der Waals surface area contributed by atoms with Gasteiger partial charge in [0.1, 0.15) is 11.4 Å². The normalized spacial score (nSPS) is 11.0. The van der Waals surface area contributed by atoms with E-state index in [0.717, 1.165) is 19.3 Å². The summed E-state index contributed by atoms with van der Waals surface area (Å²) in [6, 6.07) is 9.05. The first-order valence-electron chi connectivity index (χ1n) is 9.50. The molecule has 28 heavy (non-hydrogen) atoms. The summed E-state index contributed by atoms with van der Waals surface area (Å²) in [5.41, 5.74) is 1.01. The van der Waals surface area contributed by atoms with Gasteiger partial charge in [0.2, 0.25) is 0 Å². The third-order valence-electron chi connectivity index (χ3n) is 4.11. The second-order valence-corrected chi connectivity index (χ2v) is 6.72. The number of hydrogen-bond acceptors (Lipinski definition) is 6. The number of carbonyl (C=O) groups excluding carboxylic acids is 1. The molecule has 0 aliphatic rings. The molecular weight excluding hydrogens is 358 g/mol. The molecule has 1 N–H and O–H groups in total. The predicted molar refractivity (Wildman–Crippen MR) is 105 cm³/mol. The third kappa shape index (κ3) is 4.97. The summed E-state index contributed by atoms with van der Waals surface area (Å²) in [5, 5.41) is 14.8. The highest BCUT2D eigenvalue weighted by atomic mass is 16.5. The summed E-state index contributed by atoms with van der Waals surface area (Å²) in [4.78, 5) is 12.5. The standard InChI is InChI=1S/C20H25N5O3/c1-4-5-6-12-27-16-9-7-8-15(13-16)18(26)21-20-23-22-19(28-20)17-10-11-25(24-17)14(2)3/h7-11,13-14H,4-6,12H2,1-3H3,(H,21,23,26). The van der Waals surface area contributed by atoms with E-state index < -0.39 is 0 Å². The van der Waals surface area contributed by atoms with E-state index in [9.17, 15) is 4.79 Å². The Morgan fingerprint density at radius 2 is 2.11 bits per heavy atom. The molecule has 0 aliphatic carbocycles. The van der Waals surface area contributed by atoms with E-state index in [1.807, 2.05) is 26.1 Å². The maximum Gasteiger partial charge on any atom is 0.322 e. The Hall–Kier alpha value is -3.16. The van der Waals surface area contributed by atoms with Crippen molar-refractivity contribution in [3.63, 3.8) is 0 Å². The van der Waals surface area contributed by atoms with Gasteiger partial charge in [-0.25, -0.2) is 0 Å². The minimum atomic E-state index is -0.345. The van der Waals surface area contributed by atoms with Crippen molar-refractivity contribution in [2.75, 3.05) is 11.9 Å². The lowest BCUT2D eigenvalue weighted by Crippen LogP contribution is -2.12. The van der Waals surface area contributed by atoms with Crippen LogP contribution in [0, 0.1) is 0 Å². The van der Waals surface area contributed by atoms with E-state index in [-0.39, 0.29) is 23.9 Å². The van der Waals surface area contributed by atoms with Gasteiger partial charge in [0.25, 0.3) is 11.8 Å². The minimum Gasteiger partial charge on any atom is -0.494 e. The fourth-order valence-corrected chi connectivity index (χ4v) is 2.56. The van der Waals surface area contributed by atoms with Crippen LogP contribution in [0.1, 0.15) is 56.4 Å². The number of carbonyl (C=O) groups is 1. The Labute approximate surface area is 163 Å². The molecule has 0 aliphatic heterocycles. The van der Waals surface area contributed by atoms with Crippen molar-refractivity contribution in [1.29, 1.82) is 0 Å². The SMILES string of the molecule is CCCCCOc1cccc(C(=O)Nc2nnc(-c3ccn(C(C)C)n3)o2)c1. The highest BCUT2D eigenvalue weighted by Crippen LogP contribution is 2.20. The molecule has 3 rings (SSSR count). The third-order valence-corrected chi connectivity index (χ3v) is 4.11. The quantitative estimate of drug-likeness (QED) is 0.553. The number of unbranched alkanes of at least 4 members (excludes halogenated alkanes) is 2. The van der Waals surface area contributed by atoms with E-state index in [1.165, 1.54) is 0 Å². The Morgan fingerprint density at radius 3 is 2.86 bits per heavy atom. The van der Waals surface area contributed by atoms with E-state index in [1.54, 1.807) is 28.9 Å². The smallest absolute Gasteiger partial charge is 0.322 e. The molecule has 2 heterocycles. The maximum absolute atomic E-state index is 12.5. The van der Waals surface area contributed by atoms with E-state index in [4.69, 9.17) is 9.15 Å². The van der Waals surface area contributed by atoms with Crippen LogP contribution in [0.4, 0.5) is 6.01 Å². The van der Waals surface area contributed by atoms with Crippen molar-refractivity contribution in [2.24, 2.45) is 0 Å². The van der Waals surface area contributed by atoms with Gasteiger partial charge in [0, 0.05) is 17.8 Å². The summed E-state index contributed by atoms with van der Waals surface area (Å²) in [5.74, 6) is 0.568. The molecule has 0 bridgehead atoms. The van der Waals surface area contributed by atoms with Crippen LogP contribution in [0.25, 0.3) is 11.6 Å². The summed E-state index contributed by atoms with van der Waals surface area (Å²) in [6.07, 6.45) is 5.09. The highest BCUT2D eigenvalue weighted by Gasteiger charge is 2.15. The molecule has 8 heteroatoms. The van der Waals surface area contributed by atoms with Crippen LogP contribution < -0.4 is 10.1 Å². The lowest BCUT2D eigenvalue weighted by atomic mass is 10.2. The highest BCUT2D eigenvalue weighted by molar-refractivity contribution is 6.03. The Bertz CT molecular complexity index is 916. The molecule has 148 valence electrons. The molecule has 8 nitrogen and oxygen atoms in total. The molecule has 0 fully saturated rings. The van der Waals surface area contributed by atoms with Gasteiger partial charge in [0.05, 0.1) is 6.61 Å². The summed E-state index contributed by atoms with van der Waals surface area (Å²) in [7, 11) is 0. The van der Waals surface area contributed by atoms with Crippen LogP contribution >= 0.6 is 0 Å². The number of nitrogens with zero attached hydrogens (tertiary/aromatic N) is 4. The van der Waals surface area contributed by atoms with Gasteiger partial charge in [-0.05, 0) is 44.5 Å². The summed E-state index contributed by atoms with van der Waals surface area (Å²) < 4.78 is 13.0. The van der Waals surface area contributed by atoms with E-state index in [0.29, 0.717) is 23.6 Å². The topological polar surface area (TPSA) is 95.1 Å². The number of aromatic nitrogens is 4. The Balaban J connectivity index is 1.62. The zero-order valence-corrected chi connectivity index (χ0v) is 16.4. The molecule has 0 spiro atoms. The summed E-state index contributed by atoms with van der Waals surface area (Å²) in [6.45, 7) is 6.83. The minimum absolute atomic E-state index is 0.0216. The van der Waals surface area contributed by atoms with Gasteiger partial charge in [-0.1, -0.05) is 30.9 Å². The molecule has 1 amide bonds. The average molecular weight is 383 g/mol. The zero-order chi connectivity index (χ0) is 19.9. The fraction of sp³-hybridized carbons (Fsp3) is 0.400. The maximum atomic E-state index is 12.5. The summed E-state index contributed by atoms with van der Waals surface area (Å²) >= 11 is 0. The number of rotatable bonds is 9. The van der Waals surface area contributed by atoms with Crippen LogP contribution in [0.3, 0.4) is 0 Å². The van der Waals surface area contributed by atoms with Crippen LogP contribution in [0.5, 0.6) is 5.75 Å². The Kier molecular flexibility index (Phi) is 6.41. The lowest BCUT2D eigenvalue weighted by Gasteiger charge is -2.07. The molecule has 3 aromatic rings. The van der Waals surface area contributed by atoms with Crippen LogP contribution in [-0.2, 0) is 0 Å². The van der Waals surface area contributed by atoms with Gasteiger partial charge < -0.3 is 9.15 Å². The van der Waals surface area contributed by atoms with E-state index in [2.05, 4.69) is 27.5 Å². The second kappa shape index (κ2) is 9.16. The van der Waals surface area contributed by atoms with Crippen molar-refractivity contribution < 1.29 is 13.9 Å². The molecular formula is C20H25N5O3. The van der Waals surface area contributed by atoms with Crippen molar-refractivity contribution in [1.82, 2.24) is 20.0 Å². The first-order chi connectivity index (χ1) is 13.6. The number of anilines is 1. The Morgan fingerprint density at radius 1 is 1.25 bits per heavy atom. The molecule has 0 saturated carbocycles. The predicted octanol–water partition coefficient (Wildman–Crippen LogP) is 4.34. The van der Waals surface area contributed by atoms with Gasteiger partial charge in [-0.3, -0.25) is 14.8 Å². The fourth-order valence-electron chi connectivity index (χ4n) is 2.56. The number of benzene rings is 1. The second-order valence-electron chi connectivity index (χ2n) is 6.72. The number of amides is 1. The van der Waals surface area contributed by atoms with Crippen LogP contribution in [0.15, 0.2) is 40.9 Å². The largest absolute Gasteiger partial charge is 0.494 e. The van der Waals surface area contributed by atoms with Gasteiger partial charge >= 0.3 is 6.01 Å². The molecule has 0 unspecified atom stereocenters. The zero-order valence-electron chi connectivity index (χ0n) is 16.4. The van der Waals surface area contributed by atoms with E-state index >= 15 is 0 Å². The number of hydrogen-bond donors (Lipinski definition) is 1. The molecule has 2 aromatic heterocycles. The van der Waals surface area contributed by atoms with Gasteiger partial charge in [-0.15, -0.1) is 5.10 Å². The molecule has 0 saturated heterocycles. The average Bonchev–Trinajstić information content (AvgIpc) is 3.35. The van der Waals surface area contributed by atoms with Crippen molar-refractivity contribution in [2.45, 2.75) is 46.1 Å². The molecule has 1 aromatic carbocycles. The van der Waals surface area contributed by atoms with Crippen molar-refractivity contribution in [3.05, 3.63) is 42.1 Å². The molecule has 0 atom stereocenters. The van der Waals surface area contributed by atoms with Crippen LogP contribution in [0.2, 0.25) is 0 Å². The van der Waals surface area contributed by atoms with Crippen LogP contribution in [-0.4, -0.2) is 32.5 Å². The monoisotopic (exact) mass is 383 g/mol. The first kappa shape index (κ1) is 19.6. The number of ether oxygens (including phenoxy) is 1.